The average Bonchev–Trinajstić information content (AvgIpc) is 3.15. The van der Waals surface area contributed by atoms with Crippen LogP contribution in [0.4, 0.5) is 5.69 Å². The van der Waals surface area contributed by atoms with Crippen molar-refractivity contribution in [1.82, 2.24) is 9.88 Å². The number of nitrogens with zero attached hydrogens (tertiary/aromatic N) is 2. The molecule has 0 amide bonds. The van der Waals surface area contributed by atoms with Gasteiger partial charge in [0.25, 0.3) is 5.56 Å². The fourth-order valence-electron chi connectivity index (χ4n) is 3.46. The molecule has 2 heterocycles. The summed E-state index contributed by atoms with van der Waals surface area (Å²) in [5, 5.41) is 11.4. The van der Waals surface area contributed by atoms with Crippen LogP contribution in [0.5, 0.6) is 5.88 Å². The molecule has 1 aliphatic heterocycles. The van der Waals surface area contributed by atoms with Crippen molar-refractivity contribution < 1.29 is 5.11 Å². The van der Waals surface area contributed by atoms with Crippen molar-refractivity contribution in [3.63, 3.8) is 0 Å². The normalized spacial score (nSPS) is 15.1. The summed E-state index contributed by atoms with van der Waals surface area (Å²) >= 11 is 2.19. The number of aromatic hydroxyl groups is 1. The Morgan fingerprint density at radius 3 is 2.59 bits per heavy atom. The molecule has 5 nitrogen and oxygen atoms in total. The second kappa shape index (κ2) is 7.82. The van der Waals surface area contributed by atoms with E-state index in [0.29, 0.717) is 16.3 Å². The predicted molar refractivity (Wildman–Crippen MR) is 117 cm³/mol. The number of hydrogen-bond donors (Lipinski definition) is 2. The molecule has 2 aromatic carbocycles. The summed E-state index contributed by atoms with van der Waals surface area (Å²) in [6, 6.07) is 13.7. The molecule has 2 N–H and O–H groups in total. The molecule has 0 unspecified atom stereocenters. The van der Waals surface area contributed by atoms with E-state index in [1.807, 2.05) is 24.3 Å². The zero-order valence-corrected chi connectivity index (χ0v) is 16.9. The van der Waals surface area contributed by atoms with Crippen LogP contribution >= 0.6 is 22.6 Å². The van der Waals surface area contributed by atoms with E-state index < -0.39 is 0 Å². The van der Waals surface area contributed by atoms with Crippen molar-refractivity contribution in [2.45, 2.75) is 19.4 Å². The maximum Gasteiger partial charge on any atom is 0.258 e. The number of rotatable bonds is 4. The minimum atomic E-state index is -0.303. The standard InChI is InChI=1S/C21H20IN3O2/c22-15-5-8-17-18(11-15)19(21(27)24-20(17)26)12-23-16-6-3-14(4-7-16)13-25-9-1-2-10-25/h3-8,11-12H,1-2,9-10,13H2,(H2,24,26,27). The van der Waals surface area contributed by atoms with E-state index in [9.17, 15) is 9.90 Å². The maximum atomic E-state index is 12.1. The van der Waals surface area contributed by atoms with Gasteiger partial charge in [0, 0.05) is 27.1 Å². The molecule has 0 radical (unpaired) electrons. The van der Waals surface area contributed by atoms with Crippen LogP contribution in [-0.2, 0) is 6.54 Å². The van der Waals surface area contributed by atoms with Crippen molar-refractivity contribution >= 4 is 45.3 Å². The Bertz CT molecular complexity index is 1050. The van der Waals surface area contributed by atoms with E-state index >= 15 is 0 Å². The van der Waals surface area contributed by atoms with Gasteiger partial charge >= 0.3 is 0 Å². The molecule has 1 aliphatic rings. The molecule has 0 spiro atoms. The SMILES string of the molecule is O=c1[nH]c(O)c(C=Nc2ccc(CN3CCCC3)cc2)c2cc(I)ccc12. The number of aliphatic imine (C=N–C) groups is 1. The van der Waals surface area contributed by atoms with Gasteiger partial charge in [-0.3, -0.25) is 19.7 Å². The molecule has 1 aromatic heterocycles. The van der Waals surface area contributed by atoms with E-state index in [1.165, 1.54) is 31.5 Å². The average molecular weight is 473 g/mol. The molecule has 27 heavy (non-hydrogen) atoms. The highest BCUT2D eigenvalue weighted by Crippen LogP contribution is 2.24. The molecular weight excluding hydrogens is 453 g/mol. The maximum absolute atomic E-state index is 12.1. The van der Waals surface area contributed by atoms with Gasteiger partial charge in [-0.25, -0.2) is 0 Å². The topological polar surface area (TPSA) is 68.7 Å². The monoisotopic (exact) mass is 473 g/mol. The summed E-state index contributed by atoms with van der Waals surface area (Å²) in [6.07, 6.45) is 4.19. The zero-order chi connectivity index (χ0) is 18.8. The van der Waals surface area contributed by atoms with Crippen LogP contribution in [0.15, 0.2) is 52.3 Å². The number of benzene rings is 2. The minimum Gasteiger partial charge on any atom is -0.494 e. The first-order valence-corrected chi connectivity index (χ1v) is 10.1. The zero-order valence-electron chi connectivity index (χ0n) is 14.8. The van der Waals surface area contributed by atoms with Crippen molar-refractivity contribution in [2.75, 3.05) is 13.1 Å². The van der Waals surface area contributed by atoms with E-state index in [0.717, 1.165) is 15.8 Å². The van der Waals surface area contributed by atoms with Gasteiger partial charge in [-0.05, 0) is 84.4 Å². The fourth-order valence-corrected chi connectivity index (χ4v) is 3.95. The van der Waals surface area contributed by atoms with Gasteiger partial charge in [0.2, 0.25) is 5.88 Å². The summed E-state index contributed by atoms with van der Waals surface area (Å²) in [6.45, 7) is 3.34. The molecule has 1 saturated heterocycles. The fraction of sp³-hybridized carbons (Fsp3) is 0.238. The highest BCUT2D eigenvalue weighted by molar-refractivity contribution is 14.1. The lowest BCUT2D eigenvalue weighted by Crippen LogP contribution is -2.18. The highest BCUT2D eigenvalue weighted by atomic mass is 127. The van der Waals surface area contributed by atoms with Gasteiger partial charge in [-0.15, -0.1) is 0 Å². The van der Waals surface area contributed by atoms with Crippen LogP contribution < -0.4 is 5.56 Å². The number of nitrogens with one attached hydrogen (secondary N) is 1. The van der Waals surface area contributed by atoms with Crippen molar-refractivity contribution in [3.8, 4) is 5.88 Å². The molecule has 0 aliphatic carbocycles. The molecular formula is C21H20IN3O2. The van der Waals surface area contributed by atoms with Crippen LogP contribution in [0.1, 0.15) is 24.0 Å². The molecule has 1 fully saturated rings. The van der Waals surface area contributed by atoms with Crippen LogP contribution in [0.25, 0.3) is 10.8 Å². The molecule has 138 valence electrons. The van der Waals surface area contributed by atoms with E-state index in [-0.39, 0.29) is 11.4 Å². The molecule has 0 saturated carbocycles. The lowest BCUT2D eigenvalue weighted by atomic mass is 10.1. The number of halogens is 1. The quantitative estimate of drug-likeness (QED) is 0.441. The number of aromatic nitrogens is 1. The second-order valence-corrected chi connectivity index (χ2v) is 8.06. The molecule has 3 aromatic rings. The third-order valence-corrected chi connectivity index (χ3v) is 5.56. The number of fused-ring (bicyclic) bond motifs is 1. The summed E-state index contributed by atoms with van der Waals surface area (Å²) in [7, 11) is 0. The number of pyridine rings is 1. The minimum absolute atomic E-state index is 0.163. The molecule has 6 heteroatoms. The summed E-state index contributed by atoms with van der Waals surface area (Å²) in [5.41, 5.74) is 2.30. The van der Waals surface area contributed by atoms with Crippen LogP contribution in [0.2, 0.25) is 0 Å². The first-order valence-electron chi connectivity index (χ1n) is 9.00. The second-order valence-electron chi connectivity index (χ2n) is 6.81. The molecule has 0 atom stereocenters. The van der Waals surface area contributed by atoms with Gasteiger partial charge in [0.05, 0.1) is 11.3 Å². The predicted octanol–water partition coefficient (Wildman–Crippen LogP) is 4.18. The van der Waals surface area contributed by atoms with Crippen LogP contribution in [0, 0.1) is 3.57 Å². The first kappa shape index (κ1) is 18.2. The van der Waals surface area contributed by atoms with Gasteiger partial charge in [-0.2, -0.15) is 0 Å². The lowest BCUT2D eigenvalue weighted by molar-refractivity contribution is 0.331. The Kier molecular flexibility index (Phi) is 5.27. The third kappa shape index (κ3) is 4.06. The van der Waals surface area contributed by atoms with E-state index in [4.69, 9.17) is 0 Å². The van der Waals surface area contributed by atoms with Gasteiger partial charge in [0.15, 0.2) is 0 Å². The molecule has 0 bridgehead atoms. The Hall–Kier alpha value is -2.19. The smallest absolute Gasteiger partial charge is 0.258 e. The van der Waals surface area contributed by atoms with Crippen molar-refractivity contribution in [2.24, 2.45) is 4.99 Å². The Balaban J connectivity index is 1.61. The van der Waals surface area contributed by atoms with Crippen molar-refractivity contribution in [3.05, 3.63) is 67.5 Å². The highest BCUT2D eigenvalue weighted by Gasteiger charge is 2.12. The van der Waals surface area contributed by atoms with Gasteiger partial charge in [0.1, 0.15) is 0 Å². The molecule has 4 rings (SSSR count). The van der Waals surface area contributed by atoms with Gasteiger partial charge < -0.3 is 5.11 Å². The third-order valence-electron chi connectivity index (χ3n) is 4.89. The lowest BCUT2D eigenvalue weighted by Gasteiger charge is -2.14. The number of H-pyrrole nitrogens is 1. The number of likely N-dealkylation sites (tertiary alicyclic amines) is 1. The Morgan fingerprint density at radius 2 is 1.85 bits per heavy atom. The van der Waals surface area contributed by atoms with Crippen LogP contribution in [0.3, 0.4) is 0 Å². The number of hydrogen-bond acceptors (Lipinski definition) is 4. The first-order chi connectivity index (χ1) is 13.1. The van der Waals surface area contributed by atoms with Crippen molar-refractivity contribution in [1.29, 1.82) is 0 Å². The Morgan fingerprint density at radius 1 is 1.11 bits per heavy atom. The largest absolute Gasteiger partial charge is 0.494 e. The van der Waals surface area contributed by atoms with Gasteiger partial charge in [-0.1, -0.05) is 12.1 Å². The number of aromatic amines is 1. The van der Waals surface area contributed by atoms with E-state index in [2.05, 4.69) is 49.6 Å². The Labute approximate surface area is 170 Å². The van der Waals surface area contributed by atoms with Crippen LogP contribution in [-0.4, -0.2) is 34.3 Å². The summed E-state index contributed by atoms with van der Waals surface area (Å²) in [4.78, 5) is 21.5. The summed E-state index contributed by atoms with van der Waals surface area (Å²) < 4.78 is 0.992. The van der Waals surface area contributed by atoms with E-state index in [1.54, 1.807) is 12.3 Å². The summed E-state index contributed by atoms with van der Waals surface area (Å²) in [5.74, 6) is -0.163.